The highest BCUT2D eigenvalue weighted by Crippen LogP contribution is 2.34. The highest BCUT2D eigenvalue weighted by atomic mass is 32.2. The summed E-state index contributed by atoms with van der Waals surface area (Å²) in [6.07, 6.45) is 1.73. The van der Waals surface area contributed by atoms with Crippen molar-refractivity contribution in [2.45, 2.75) is 11.7 Å². The number of carbonyl (C=O) groups excluding carboxylic acids is 2. The molecule has 1 aliphatic rings. The molecule has 0 saturated carbocycles. The average Bonchev–Trinajstić information content (AvgIpc) is 3.25. The van der Waals surface area contributed by atoms with E-state index in [1.807, 2.05) is 54.6 Å². The fraction of sp³-hybridized carbons (Fsp3) is 0.143. The minimum absolute atomic E-state index is 0.0743. The molecule has 0 radical (unpaired) electrons. The Bertz CT molecular complexity index is 1060. The molecular formula is C21H18N4O2S2. The van der Waals surface area contributed by atoms with Crippen LogP contribution in [0, 0.1) is 0 Å². The topological polar surface area (TPSA) is 74.7 Å². The van der Waals surface area contributed by atoms with E-state index < -0.39 is 5.25 Å². The number of aliphatic imine (C=N–C) groups is 1. The van der Waals surface area contributed by atoms with Crippen molar-refractivity contribution in [3.05, 3.63) is 67.3 Å². The van der Waals surface area contributed by atoms with Crippen molar-refractivity contribution in [3.8, 4) is 0 Å². The molecule has 1 N–H and O–H groups in total. The van der Waals surface area contributed by atoms with Crippen molar-refractivity contribution in [1.82, 2.24) is 9.88 Å². The van der Waals surface area contributed by atoms with E-state index in [1.165, 1.54) is 23.1 Å². The third-order valence-electron chi connectivity index (χ3n) is 4.23. The van der Waals surface area contributed by atoms with Gasteiger partial charge in [-0.05, 0) is 24.3 Å². The summed E-state index contributed by atoms with van der Waals surface area (Å²) < 4.78 is 1.04. The molecule has 0 aliphatic carbocycles. The number of aromatic nitrogens is 1. The van der Waals surface area contributed by atoms with Crippen molar-refractivity contribution in [2.75, 3.05) is 11.9 Å². The molecular weight excluding hydrogens is 404 g/mol. The number of amidine groups is 1. The standard InChI is InChI=1S/C21H18N4O2S2/c1-2-12-25-19(27)17(13-18(26)22-14-8-4-3-5-9-14)29-21(25)24-20-23-15-10-6-7-11-16(15)28-20/h2-11,17H,1,12-13H2,(H,22,26). The molecule has 2 aromatic carbocycles. The molecule has 0 bridgehead atoms. The lowest BCUT2D eigenvalue weighted by atomic mass is 10.2. The molecule has 0 spiro atoms. The van der Waals surface area contributed by atoms with E-state index in [9.17, 15) is 9.59 Å². The van der Waals surface area contributed by atoms with Gasteiger partial charge in [-0.15, -0.1) is 6.58 Å². The number of rotatable bonds is 6. The second-order valence-electron chi connectivity index (χ2n) is 6.32. The van der Waals surface area contributed by atoms with E-state index in [2.05, 4.69) is 21.9 Å². The number of carbonyl (C=O) groups is 2. The molecule has 146 valence electrons. The zero-order valence-corrected chi connectivity index (χ0v) is 17.1. The molecule has 8 heteroatoms. The van der Waals surface area contributed by atoms with Crippen molar-refractivity contribution in [1.29, 1.82) is 0 Å². The summed E-state index contributed by atoms with van der Waals surface area (Å²) in [5.41, 5.74) is 1.58. The van der Waals surface area contributed by atoms with E-state index in [1.54, 1.807) is 11.0 Å². The molecule has 2 heterocycles. The molecule has 1 aliphatic heterocycles. The van der Waals surface area contributed by atoms with Gasteiger partial charge in [0.15, 0.2) is 5.17 Å². The lowest BCUT2D eigenvalue weighted by Gasteiger charge is -2.13. The Morgan fingerprint density at radius 1 is 1.21 bits per heavy atom. The van der Waals surface area contributed by atoms with Crippen molar-refractivity contribution in [3.63, 3.8) is 0 Å². The summed E-state index contributed by atoms with van der Waals surface area (Å²) >= 11 is 2.76. The first-order chi connectivity index (χ1) is 14.1. The normalized spacial score (nSPS) is 17.8. The summed E-state index contributed by atoms with van der Waals surface area (Å²) in [6, 6.07) is 17.0. The van der Waals surface area contributed by atoms with Crippen molar-refractivity contribution in [2.24, 2.45) is 4.99 Å². The van der Waals surface area contributed by atoms with Gasteiger partial charge in [-0.25, -0.2) is 4.98 Å². The number of nitrogens with one attached hydrogen (secondary N) is 1. The highest BCUT2D eigenvalue weighted by molar-refractivity contribution is 8.15. The predicted molar refractivity (Wildman–Crippen MR) is 120 cm³/mol. The van der Waals surface area contributed by atoms with Crippen molar-refractivity contribution < 1.29 is 9.59 Å². The molecule has 1 atom stereocenters. The first-order valence-electron chi connectivity index (χ1n) is 9.02. The van der Waals surface area contributed by atoms with Gasteiger partial charge in [0.25, 0.3) is 0 Å². The van der Waals surface area contributed by atoms with Crippen LogP contribution >= 0.6 is 23.1 Å². The van der Waals surface area contributed by atoms with Gasteiger partial charge in [0.1, 0.15) is 5.25 Å². The molecule has 1 unspecified atom stereocenters. The largest absolute Gasteiger partial charge is 0.326 e. The van der Waals surface area contributed by atoms with Gasteiger partial charge in [0, 0.05) is 18.7 Å². The van der Waals surface area contributed by atoms with Crippen LogP contribution in [-0.4, -0.2) is 38.7 Å². The minimum atomic E-state index is -0.521. The summed E-state index contributed by atoms with van der Waals surface area (Å²) in [4.78, 5) is 35.9. The van der Waals surface area contributed by atoms with Crippen LogP contribution in [0.4, 0.5) is 10.8 Å². The lowest BCUT2D eigenvalue weighted by molar-refractivity contribution is -0.127. The number of hydrogen-bond acceptors (Lipinski definition) is 6. The Labute approximate surface area is 176 Å². The van der Waals surface area contributed by atoms with Crippen molar-refractivity contribution >= 4 is 61.1 Å². The average molecular weight is 423 g/mol. The summed E-state index contributed by atoms with van der Waals surface area (Å²) in [6.45, 7) is 4.07. The number of benzene rings is 2. The molecule has 1 aromatic heterocycles. The number of thiazole rings is 1. The number of thioether (sulfide) groups is 1. The third kappa shape index (κ3) is 4.38. The van der Waals surface area contributed by atoms with Crippen LogP contribution in [-0.2, 0) is 9.59 Å². The number of para-hydroxylation sites is 2. The van der Waals surface area contributed by atoms with E-state index in [0.29, 0.717) is 22.5 Å². The van der Waals surface area contributed by atoms with Gasteiger partial charge in [-0.3, -0.25) is 14.5 Å². The van der Waals surface area contributed by atoms with Crippen LogP contribution in [0.5, 0.6) is 0 Å². The van der Waals surface area contributed by atoms with Gasteiger partial charge in [-0.2, -0.15) is 4.99 Å². The second-order valence-corrected chi connectivity index (χ2v) is 8.50. The Hall–Kier alpha value is -2.97. The zero-order valence-electron chi connectivity index (χ0n) is 15.4. The molecule has 29 heavy (non-hydrogen) atoms. The van der Waals surface area contributed by atoms with Gasteiger partial charge in [0.05, 0.1) is 10.2 Å². The van der Waals surface area contributed by atoms with Gasteiger partial charge in [-0.1, -0.05) is 59.5 Å². The van der Waals surface area contributed by atoms with E-state index in [-0.39, 0.29) is 18.2 Å². The van der Waals surface area contributed by atoms with Crippen LogP contribution < -0.4 is 5.32 Å². The van der Waals surface area contributed by atoms with Crippen LogP contribution in [0.3, 0.4) is 0 Å². The smallest absolute Gasteiger partial charge is 0.242 e. The third-order valence-corrected chi connectivity index (χ3v) is 6.34. The maximum atomic E-state index is 12.8. The number of amides is 2. The number of hydrogen-bond donors (Lipinski definition) is 1. The molecule has 2 amide bonds. The Morgan fingerprint density at radius 3 is 2.72 bits per heavy atom. The highest BCUT2D eigenvalue weighted by Gasteiger charge is 2.38. The van der Waals surface area contributed by atoms with Gasteiger partial charge in [0.2, 0.25) is 16.9 Å². The Balaban J connectivity index is 1.52. The first-order valence-corrected chi connectivity index (χ1v) is 10.7. The van der Waals surface area contributed by atoms with Crippen LogP contribution in [0.1, 0.15) is 6.42 Å². The molecule has 1 fully saturated rings. The molecule has 3 aromatic rings. The number of nitrogens with zero attached hydrogens (tertiary/aromatic N) is 3. The van der Waals surface area contributed by atoms with Gasteiger partial charge < -0.3 is 5.32 Å². The lowest BCUT2D eigenvalue weighted by Crippen LogP contribution is -2.33. The quantitative estimate of drug-likeness (QED) is 0.596. The fourth-order valence-corrected chi connectivity index (χ4v) is 4.96. The van der Waals surface area contributed by atoms with E-state index in [0.717, 1.165) is 10.2 Å². The van der Waals surface area contributed by atoms with E-state index in [4.69, 9.17) is 0 Å². The van der Waals surface area contributed by atoms with Crippen LogP contribution in [0.2, 0.25) is 0 Å². The minimum Gasteiger partial charge on any atom is -0.326 e. The molecule has 1 saturated heterocycles. The van der Waals surface area contributed by atoms with E-state index >= 15 is 0 Å². The summed E-state index contributed by atoms with van der Waals surface area (Å²) in [7, 11) is 0. The number of anilines is 1. The monoisotopic (exact) mass is 422 g/mol. The van der Waals surface area contributed by atoms with Crippen LogP contribution in [0.15, 0.2) is 72.2 Å². The predicted octanol–water partition coefficient (Wildman–Crippen LogP) is 4.44. The molecule has 6 nitrogen and oxygen atoms in total. The SMILES string of the molecule is C=CCN1C(=O)C(CC(=O)Nc2ccccc2)SC1=Nc1nc2ccccc2s1. The Morgan fingerprint density at radius 2 is 1.97 bits per heavy atom. The maximum absolute atomic E-state index is 12.8. The Kier molecular flexibility index (Phi) is 5.73. The summed E-state index contributed by atoms with van der Waals surface area (Å²) in [5.74, 6) is -0.347. The van der Waals surface area contributed by atoms with Gasteiger partial charge >= 0.3 is 0 Å². The second kappa shape index (κ2) is 8.59. The first kappa shape index (κ1) is 19.4. The fourth-order valence-electron chi connectivity index (χ4n) is 2.91. The molecule has 4 rings (SSSR count). The zero-order chi connectivity index (χ0) is 20.2. The summed E-state index contributed by atoms with van der Waals surface area (Å²) in [5, 5.41) is 3.44. The number of fused-ring (bicyclic) bond motifs is 1. The van der Waals surface area contributed by atoms with Crippen LogP contribution in [0.25, 0.3) is 10.2 Å². The maximum Gasteiger partial charge on any atom is 0.242 e.